The maximum Gasteiger partial charge on any atom is 0.140 e. The Morgan fingerprint density at radius 1 is 1.18 bits per heavy atom. The predicted molar refractivity (Wildman–Crippen MR) is 73.2 cm³/mol. The highest BCUT2D eigenvalue weighted by atomic mass is 79.9. The minimum Gasteiger partial charge on any atom is -0.352 e. The molecule has 0 bridgehead atoms. The first-order valence-corrected chi connectivity index (χ1v) is 6.44. The Morgan fingerprint density at radius 2 is 2.12 bits per heavy atom. The first-order valence-electron chi connectivity index (χ1n) is 5.65. The number of fused-ring (bicyclic) bond motifs is 1. The maximum atomic E-state index is 4.43. The standard InChI is InChI=1S/C13H12BrN3/c14-10-4-5-12-11(8-10)13(16-9-15-12)17-6-2-1-3-7-17/h1-2,4-5,8-9H,3,6-7H2. The lowest BCUT2D eigenvalue weighted by atomic mass is 10.2. The molecule has 4 heteroatoms. The molecule has 1 aromatic carbocycles. The fraction of sp³-hybridized carbons (Fsp3) is 0.231. The predicted octanol–water partition coefficient (Wildman–Crippen LogP) is 3.16. The number of halogens is 1. The molecule has 17 heavy (non-hydrogen) atoms. The number of nitrogens with zero attached hydrogens (tertiary/aromatic N) is 3. The number of anilines is 1. The van der Waals surface area contributed by atoms with Crippen LogP contribution in [-0.4, -0.2) is 23.1 Å². The first kappa shape index (κ1) is 10.7. The zero-order valence-electron chi connectivity index (χ0n) is 9.31. The van der Waals surface area contributed by atoms with Gasteiger partial charge in [-0.2, -0.15) is 0 Å². The fourth-order valence-electron chi connectivity index (χ4n) is 2.10. The van der Waals surface area contributed by atoms with Crippen LogP contribution in [0.5, 0.6) is 0 Å². The molecule has 0 saturated heterocycles. The molecule has 0 N–H and O–H groups in total. The van der Waals surface area contributed by atoms with E-state index in [4.69, 9.17) is 0 Å². The normalized spacial score (nSPS) is 15.5. The largest absolute Gasteiger partial charge is 0.352 e. The molecule has 3 nitrogen and oxygen atoms in total. The molecule has 2 heterocycles. The van der Waals surface area contributed by atoms with Crippen molar-refractivity contribution in [3.8, 4) is 0 Å². The summed E-state index contributed by atoms with van der Waals surface area (Å²) in [4.78, 5) is 11.0. The van der Waals surface area contributed by atoms with Gasteiger partial charge in [-0.05, 0) is 24.6 Å². The van der Waals surface area contributed by atoms with Gasteiger partial charge in [0.05, 0.1) is 5.52 Å². The molecule has 0 spiro atoms. The zero-order chi connectivity index (χ0) is 11.7. The second kappa shape index (κ2) is 4.45. The number of aromatic nitrogens is 2. The van der Waals surface area contributed by atoms with Crippen molar-refractivity contribution in [1.82, 2.24) is 9.97 Å². The van der Waals surface area contributed by atoms with Crippen molar-refractivity contribution >= 4 is 32.7 Å². The van der Waals surface area contributed by atoms with Crippen LogP contribution in [0.2, 0.25) is 0 Å². The first-order chi connectivity index (χ1) is 8.34. The number of benzene rings is 1. The number of hydrogen-bond donors (Lipinski definition) is 0. The molecule has 0 saturated carbocycles. The molecule has 1 aromatic heterocycles. The lowest BCUT2D eigenvalue weighted by Crippen LogP contribution is -2.27. The van der Waals surface area contributed by atoms with Crippen LogP contribution in [0.15, 0.2) is 41.2 Å². The average molecular weight is 290 g/mol. The van der Waals surface area contributed by atoms with Crippen LogP contribution in [0.1, 0.15) is 6.42 Å². The third-order valence-electron chi connectivity index (χ3n) is 2.93. The van der Waals surface area contributed by atoms with Gasteiger partial charge in [0.25, 0.3) is 0 Å². The summed E-state index contributed by atoms with van der Waals surface area (Å²) in [6.45, 7) is 1.95. The van der Waals surface area contributed by atoms with Crippen molar-refractivity contribution in [2.45, 2.75) is 6.42 Å². The van der Waals surface area contributed by atoms with Gasteiger partial charge in [0, 0.05) is 22.9 Å². The van der Waals surface area contributed by atoms with E-state index in [0.717, 1.165) is 40.7 Å². The Hall–Kier alpha value is -1.42. The van der Waals surface area contributed by atoms with Gasteiger partial charge >= 0.3 is 0 Å². The summed E-state index contributed by atoms with van der Waals surface area (Å²) in [7, 11) is 0. The minimum absolute atomic E-state index is 0.929. The van der Waals surface area contributed by atoms with Crippen molar-refractivity contribution in [1.29, 1.82) is 0 Å². The van der Waals surface area contributed by atoms with Crippen LogP contribution < -0.4 is 4.90 Å². The van der Waals surface area contributed by atoms with Gasteiger partial charge in [0.1, 0.15) is 12.1 Å². The van der Waals surface area contributed by atoms with E-state index in [1.165, 1.54) is 0 Å². The molecule has 0 atom stereocenters. The Labute approximate surface area is 108 Å². The van der Waals surface area contributed by atoms with Crippen molar-refractivity contribution in [2.24, 2.45) is 0 Å². The van der Waals surface area contributed by atoms with Crippen molar-refractivity contribution < 1.29 is 0 Å². The molecule has 0 fully saturated rings. The molecule has 0 radical (unpaired) electrons. The van der Waals surface area contributed by atoms with E-state index in [0.29, 0.717) is 0 Å². The second-order valence-corrected chi connectivity index (χ2v) is 4.98. The molecule has 0 amide bonds. The van der Waals surface area contributed by atoms with E-state index >= 15 is 0 Å². The van der Waals surface area contributed by atoms with Gasteiger partial charge in [0.2, 0.25) is 0 Å². The Bertz CT molecular complexity index is 580. The second-order valence-electron chi connectivity index (χ2n) is 4.06. The Balaban J connectivity index is 2.14. The third kappa shape index (κ3) is 2.05. The van der Waals surface area contributed by atoms with Gasteiger partial charge < -0.3 is 4.90 Å². The molecular formula is C13H12BrN3. The van der Waals surface area contributed by atoms with Crippen molar-refractivity contribution in [3.63, 3.8) is 0 Å². The number of rotatable bonds is 1. The van der Waals surface area contributed by atoms with Gasteiger partial charge in [-0.25, -0.2) is 9.97 Å². The Morgan fingerprint density at radius 3 is 2.94 bits per heavy atom. The summed E-state index contributed by atoms with van der Waals surface area (Å²) < 4.78 is 1.06. The maximum absolute atomic E-state index is 4.43. The van der Waals surface area contributed by atoms with Crippen LogP contribution >= 0.6 is 15.9 Å². The van der Waals surface area contributed by atoms with Gasteiger partial charge in [-0.1, -0.05) is 28.1 Å². The summed E-state index contributed by atoms with van der Waals surface area (Å²) in [6, 6.07) is 6.11. The van der Waals surface area contributed by atoms with E-state index in [2.05, 4.69) is 49.0 Å². The van der Waals surface area contributed by atoms with E-state index in [1.54, 1.807) is 6.33 Å². The van der Waals surface area contributed by atoms with Gasteiger partial charge in [-0.15, -0.1) is 0 Å². The molecule has 2 aromatic rings. The van der Waals surface area contributed by atoms with Crippen molar-refractivity contribution in [2.75, 3.05) is 18.0 Å². The third-order valence-corrected chi connectivity index (χ3v) is 3.43. The fourth-order valence-corrected chi connectivity index (χ4v) is 2.46. The van der Waals surface area contributed by atoms with E-state index < -0.39 is 0 Å². The van der Waals surface area contributed by atoms with Crippen molar-refractivity contribution in [3.05, 3.63) is 41.2 Å². The molecule has 0 unspecified atom stereocenters. The van der Waals surface area contributed by atoms with Gasteiger partial charge in [0.15, 0.2) is 0 Å². The smallest absolute Gasteiger partial charge is 0.140 e. The molecular weight excluding hydrogens is 278 g/mol. The quantitative estimate of drug-likeness (QED) is 0.755. The topological polar surface area (TPSA) is 29.0 Å². The summed E-state index contributed by atoms with van der Waals surface area (Å²) in [5.41, 5.74) is 0.993. The lowest BCUT2D eigenvalue weighted by Gasteiger charge is -2.25. The minimum atomic E-state index is 0.929. The van der Waals surface area contributed by atoms with Crippen LogP contribution in [-0.2, 0) is 0 Å². The van der Waals surface area contributed by atoms with Crippen LogP contribution in [0.3, 0.4) is 0 Å². The Kier molecular flexibility index (Phi) is 2.81. The molecule has 1 aliphatic heterocycles. The average Bonchev–Trinajstić information content (AvgIpc) is 2.39. The van der Waals surface area contributed by atoms with Crippen LogP contribution in [0.25, 0.3) is 10.9 Å². The van der Waals surface area contributed by atoms with E-state index in [-0.39, 0.29) is 0 Å². The molecule has 0 aliphatic carbocycles. The monoisotopic (exact) mass is 289 g/mol. The summed E-state index contributed by atoms with van der Waals surface area (Å²) in [5.74, 6) is 1.03. The van der Waals surface area contributed by atoms with Crippen LogP contribution in [0, 0.1) is 0 Å². The van der Waals surface area contributed by atoms with Gasteiger partial charge in [-0.3, -0.25) is 0 Å². The number of hydrogen-bond acceptors (Lipinski definition) is 3. The van der Waals surface area contributed by atoms with E-state index in [9.17, 15) is 0 Å². The highest BCUT2D eigenvalue weighted by Gasteiger charge is 2.12. The zero-order valence-corrected chi connectivity index (χ0v) is 10.9. The molecule has 3 rings (SSSR count). The molecule has 86 valence electrons. The van der Waals surface area contributed by atoms with E-state index in [1.807, 2.05) is 12.1 Å². The molecule has 1 aliphatic rings. The lowest BCUT2D eigenvalue weighted by molar-refractivity contribution is 0.808. The summed E-state index contributed by atoms with van der Waals surface area (Å²) in [5, 5.41) is 1.11. The summed E-state index contributed by atoms with van der Waals surface area (Å²) >= 11 is 3.50. The highest BCUT2D eigenvalue weighted by Crippen LogP contribution is 2.26. The summed E-state index contributed by atoms with van der Waals surface area (Å²) in [6.07, 6.45) is 7.13. The van der Waals surface area contributed by atoms with Crippen LogP contribution in [0.4, 0.5) is 5.82 Å². The highest BCUT2D eigenvalue weighted by molar-refractivity contribution is 9.10. The SMILES string of the molecule is Brc1ccc2ncnc(N3CC=CCC3)c2c1.